The van der Waals surface area contributed by atoms with Gasteiger partial charge in [0.2, 0.25) is 0 Å². The Morgan fingerprint density at radius 2 is 1.76 bits per heavy atom. The lowest BCUT2D eigenvalue weighted by Gasteiger charge is -2.12. The molecule has 0 aromatic heterocycles. The van der Waals surface area contributed by atoms with Gasteiger partial charge in [0.05, 0.1) is 23.9 Å². The summed E-state index contributed by atoms with van der Waals surface area (Å²) in [4.78, 5) is 0.184. The van der Waals surface area contributed by atoms with Crippen molar-refractivity contribution in [1.82, 2.24) is 0 Å². The molecule has 1 saturated carbocycles. The summed E-state index contributed by atoms with van der Waals surface area (Å²) in [5.41, 5.74) is 5.82. The SMILES string of the molecule is COc1ccc(C2C(S(=O)(=O)c3ccc(Cl)cc3)C2(CN)CO)cc1. The van der Waals surface area contributed by atoms with E-state index in [4.69, 9.17) is 22.1 Å². The second-order valence-corrected chi connectivity index (χ2v) is 8.77. The highest BCUT2D eigenvalue weighted by Gasteiger charge is 2.70. The largest absolute Gasteiger partial charge is 0.497 e. The highest BCUT2D eigenvalue weighted by atomic mass is 35.5. The first-order chi connectivity index (χ1) is 11.9. The maximum Gasteiger partial charge on any atom is 0.182 e. The fourth-order valence-electron chi connectivity index (χ4n) is 3.53. The van der Waals surface area contributed by atoms with Gasteiger partial charge in [-0.2, -0.15) is 0 Å². The average Bonchev–Trinajstić information content (AvgIpc) is 3.33. The van der Waals surface area contributed by atoms with E-state index in [1.165, 1.54) is 12.1 Å². The summed E-state index contributed by atoms with van der Waals surface area (Å²) in [6.07, 6.45) is 0. The van der Waals surface area contributed by atoms with Gasteiger partial charge in [-0.1, -0.05) is 23.7 Å². The lowest BCUT2D eigenvalue weighted by Crippen LogP contribution is -2.27. The van der Waals surface area contributed by atoms with Crippen molar-refractivity contribution in [3.05, 3.63) is 59.1 Å². The van der Waals surface area contributed by atoms with Gasteiger partial charge in [-0.15, -0.1) is 0 Å². The van der Waals surface area contributed by atoms with Crippen molar-refractivity contribution in [1.29, 1.82) is 0 Å². The average molecular weight is 382 g/mol. The van der Waals surface area contributed by atoms with Crippen LogP contribution in [0.1, 0.15) is 11.5 Å². The molecule has 1 fully saturated rings. The number of methoxy groups -OCH3 is 1. The second-order valence-electron chi connectivity index (χ2n) is 6.27. The number of benzene rings is 2. The third-order valence-electron chi connectivity index (χ3n) is 5.01. The summed E-state index contributed by atoms with van der Waals surface area (Å²) in [6, 6.07) is 13.3. The molecule has 0 heterocycles. The molecule has 0 spiro atoms. The maximum atomic E-state index is 13.1. The van der Waals surface area contributed by atoms with Crippen LogP contribution in [0.25, 0.3) is 0 Å². The number of rotatable bonds is 6. The van der Waals surface area contributed by atoms with E-state index >= 15 is 0 Å². The van der Waals surface area contributed by atoms with E-state index in [-0.39, 0.29) is 24.0 Å². The third kappa shape index (κ3) is 2.93. The summed E-state index contributed by atoms with van der Waals surface area (Å²) in [5, 5.41) is 9.62. The zero-order valence-corrected chi connectivity index (χ0v) is 15.3. The molecule has 3 rings (SSSR count). The van der Waals surface area contributed by atoms with Gasteiger partial charge in [-0.05, 0) is 42.0 Å². The summed E-state index contributed by atoms with van der Waals surface area (Å²) in [5.74, 6) is 0.318. The normalized spacial score (nSPS) is 25.6. The lowest BCUT2D eigenvalue weighted by atomic mass is 10.00. The van der Waals surface area contributed by atoms with Crippen LogP contribution in [0.2, 0.25) is 5.02 Å². The Bertz CT molecular complexity index is 846. The van der Waals surface area contributed by atoms with Crippen LogP contribution in [-0.4, -0.2) is 39.0 Å². The van der Waals surface area contributed by atoms with Crippen LogP contribution in [0, 0.1) is 5.41 Å². The van der Waals surface area contributed by atoms with E-state index in [1.54, 1.807) is 31.4 Å². The van der Waals surface area contributed by atoms with E-state index < -0.39 is 20.5 Å². The van der Waals surface area contributed by atoms with Gasteiger partial charge in [0, 0.05) is 22.9 Å². The number of nitrogens with two attached hydrogens (primary N) is 1. The van der Waals surface area contributed by atoms with E-state index in [1.807, 2.05) is 12.1 Å². The molecule has 0 saturated heterocycles. The molecule has 1 aliphatic carbocycles. The molecular weight excluding hydrogens is 362 g/mol. The lowest BCUT2D eigenvalue weighted by molar-refractivity contribution is 0.212. The molecular formula is C18H20ClNO4S. The molecule has 0 aliphatic heterocycles. The molecule has 5 nitrogen and oxygen atoms in total. The van der Waals surface area contributed by atoms with Gasteiger partial charge >= 0.3 is 0 Å². The first-order valence-corrected chi connectivity index (χ1v) is 9.77. The van der Waals surface area contributed by atoms with E-state index in [2.05, 4.69) is 0 Å². The quantitative estimate of drug-likeness (QED) is 0.800. The van der Waals surface area contributed by atoms with Crippen molar-refractivity contribution in [2.24, 2.45) is 11.1 Å². The fraction of sp³-hybridized carbons (Fsp3) is 0.333. The second kappa shape index (κ2) is 6.61. The summed E-state index contributed by atoms with van der Waals surface area (Å²) < 4.78 is 31.4. The van der Waals surface area contributed by atoms with E-state index in [0.29, 0.717) is 10.8 Å². The van der Waals surface area contributed by atoms with Gasteiger partial charge in [0.15, 0.2) is 9.84 Å². The van der Waals surface area contributed by atoms with Gasteiger partial charge in [-0.3, -0.25) is 0 Å². The summed E-state index contributed by atoms with van der Waals surface area (Å²) in [6.45, 7) is -0.213. The molecule has 2 aromatic carbocycles. The zero-order valence-electron chi connectivity index (χ0n) is 13.7. The van der Waals surface area contributed by atoms with Gasteiger partial charge in [-0.25, -0.2) is 8.42 Å². The highest BCUT2D eigenvalue weighted by Crippen LogP contribution is 2.63. The van der Waals surface area contributed by atoms with Crippen LogP contribution in [0.4, 0.5) is 0 Å². The minimum Gasteiger partial charge on any atom is -0.497 e. The van der Waals surface area contributed by atoms with E-state index in [0.717, 1.165) is 5.56 Å². The first kappa shape index (κ1) is 18.2. The number of sulfone groups is 1. The van der Waals surface area contributed by atoms with Crippen molar-refractivity contribution in [2.45, 2.75) is 16.1 Å². The number of aliphatic hydroxyl groups excluding tert-OH is 1. The Balaban J connectivity index is 2.02. The van der Waals surface area contributed by atoms with Gasteiger partial charge in [0.25, 0.3) is 0 Å². The van der Waals surface area contributed by atoms with Crippen LogP contribution < -0.4 is 10.5 Å². The Hall–Kier alpha value is -1.60. The molecule has 7 heteroatoms. The summed E-state index contributed by atoms with van der Waals surface area (Å²) in [7, 11) is -2.09. The third-order valence-corrected chi connectivity index (χ3v) is 7.60. The molecule has 0 radical (unpaired) electrons. The zero-order chi connectivity index (χ0) is 18.2. The molecule has 1 aliphatic rings. The minimum absolute atomic E-state index is 0.0810. The standard InChI is InChI=1S/C18H20ClNO4S/c1-24-14-6-2-12(3-7-14)16-17(18(16,10-20)11-21)25(22,23)15-8-4-13(19)5-9-15/h2-9,16-17,21H,10-11,20H2,1H3. The number of aliphatic hydroxyl groups is 1. The van der Waals surface area contributed by atoms with Crippen molar-refractivity contribution < 1.29 is 18.3 Å². The molecule has 0 bridgehead atoms. The van der Waals surface area contributed by atoms with Gasteiger partial charge < -0.3 is 15.6 Å². The number of ether oxygens (including phenoxy) is 1. The molecule has 134 valence electrons. The predicted molar refractivity (Wildman–Crippen MR) is 96.7 cm³/mol. The Morgan fingerprint density at radius 1 is 1.16 bits per heavy atom. The summed E-state index contributed by atoms with van der Waals surface area (Å²) >= 11 is 5.85. The Kier molecular flexibility index (Phi) is 4.81. The predicted octanol–water partition coefficient (Wildman–Crippen LogP) is 2.23. The molecule has 0 amide bonds. The topological polar surface area (TPSA) is 89.6 Å². The molecule has 3 N–H and O–H groups in total. The van der Waals surface area contributed by atoms with Crippen molar-refractivity contribution in [3.63, 3.8) is 0 Å². The van der Waals surface area contributed by atoms with Crippen molar-refractivity contribution in [2.75, 3.05) is 20.3 Å². The minimum atomic E-state index is -3.66. The maximum absolute atomic E-state index is 13.1. The van der Waals surface area contributed by atoms with Crippen LogP contribution >= 0.6 is 11.6 Å². The van der Waals surface area contributed by atoms with E-state index in [9.17, 15) is 13.5 Å². The number of hydrogen-bond acceptors (Lipinski definition) is 5. The first-order valence-electron chi connectivity index (χ1n) is 7.85. The van der Waals surface area contributed by atoms with Crippen LogP contribution in [-0.2, 0) is 9.84 Å². The Morgan fingerprint density at radius 3 is 2.24 bits per heavy atom. The Labute approximate surface area is 152 Å². The molecule has 3 unspecified atom stereocenters. The highest BCUT2D eigenvalue weighted by molar-refractivity contribution is 7.92. The molecule has 25 heavy (non-hydrogen) atoms. The molecule has 3 atom stereocenters. The van der Waals surface area contributed by atoms with Crippen molar-refractivity contribution >= 4 is 21.4 Å². The van der Waals surface area contributed by atoms with Crippen LogP contribution in [0.3, 0.4) is 0 Å². The fourth-order valence-corrected chi connectivity index (χ4v) is 6.10. The number of hydrogen-bond donors (Lipinski definition) is 2. The van der Waals surface area contributed by atoms with Gasteiger partial charge in [0.1, 0.15) is 5.75 Å². The monoisotopic (exact) mass is 381 g/mol. The van der Waals surface area contributed by atoms with Crippen LogP contribution in [0.5, 0.6) is 5.75 Å². The molecule has 2 aromatic rings. The smallest absolute Gasteiger partial charge is 0.182 e. The van der Waals surface area contributed by atoms with Crippen molar-refractivity contribution in [3.8, 4) is 5.75 Å². The number of halogens is 1. The van der Waals surface area contributed by atoms with Crippen LogP contribution in [0.15, 0.2) is 53.4 Å².